The zero-order valence-corrected chi connectivity index (χ0v) is 18.1. The van der Waals surface area contributed by atoms with Gasteiger partial charge in [0.2, 0.25) is 5.92 Å². The van der Waals surface area contributed by atoms with E-state index in [1.165, 1.54) is 22.6 Å². The lowest BCUT2D eigenvalue weighted by Gasteiger charge is -2.28. The van der Waals surface area contributed by atoms with Crippen molar-refractivity contribution in [1.82, 2.24) is 14.7 Å². The van der Waals surface area contributed by atoms with E-state index in [1.54, 1.807) is 0 Å². The van der Waals surface area contributed by atoms with Crippen molar-refractivity contribution in [3.05, 3.63) is 41.4 Å². The number of nitrogens with zero attached hydrogens (tertiary/aromatic N) is 2. The van der Waals surface area contributed by atoms with Crippen molar-refractivity contribution >= 4 is 17.6 Å². The van der Waals surface area contributed by atoms with Gasteiger partial charge in [-0.1, -0.05) is 6.58 Å². The molecule has 0 unspecified atom stereocenters. The molecule has 0 aromatic carbocycles. The normalized spacial score (nSPS) is 20.2. The summed E-state index contributed by atoms with van der Waals surface area (Å²) in [6.45, 7) is 4.77. The fourth-order valence-corrected chi connectivity index (χ4v) is 4.65. The molecule has 0 bridgehead atoms. The predicted molar refractivity (Wildman–Crippen MR) is 112 cm³/mol. The molecule has 0 radical (unpaired) electrons. The molecule has 1 amide bonds. The molecule has 1 aliphatic carbocycles. The Morgan fingerprint density at radius 2 is 1.88 bits per heavy atom. The Labute approximate surface area is 188 Å². The number of carbonyl (C=O) groups is 1. The van der Waals surface area contributed by atoms with Gasteiger partial charge in [-0.05, 0) is 56.2 Å². The molecule has 0 atom stereocenters. The molecule has 1 saturated heterocycles. The number of ether oxygens (including phenoxy) is 1. The van der Waals surface area contributed by atoms with Crippen LogP contribution in [-0.4, -0.2) is 40.5 Å². The van der Waals surface area contributed by atoms with Crippen molar-refractivity contribution in [2.45, 2.75) is 63.1 Å². The molecule has 33 heavy (non-hydrogen) atoms. The lowest BCUT2D eigenvalue weighted by atomic mass is 9.83. The van der Waals surface area contributed by atoms with Crippen molar-refractivity contribution in [2.75, 3.05) is 13.2 Å². The number of alkyl halides is 5. The molecule has 2 aromatic rings. The van der Waals surface area contributed by atoms with Crippen LogP contribution in [0.15, 0.2) is 18.7 Å². The number of imidazole rings is 1. The number of halogens is 5. The zero-order valence-electron chi connectivity index (χ0n) is 18.1. The molecule has 3 heterocycles. The molecule has 2 aliphatic rings. The molecular weight excluding hydrogens is 445 g/mol. The molecule has 4 rings (SSSR count). The third kappa shape index (κ3) is 5.20. The maximum Gasteiger partial charge on any atom is 0.435 e. The fraction of sp³-hybridized carbons (Fsp3) is 0.565. The minimum Gasteiger partial charge on any atom is -0.381 e. The van der Waals surface area contributed by atoms with Gasteiger partial charge in [-0.15, -0.1) is 0 Å². The minimum atomic E-state index is -4.72. The number of amides is 1. The van der Waals surface area contributed by atoms with Crippen molar-refractivity contribution in [1.29, 1.82) is 0 Å². The van der Waals surface area contributed by atoms with Gasteiger partial charge in [0.1, 0.15) is 5.65 Å². The van der Waals surface area contributed by atoms with Crippen LogP contribution in [0.3, 0.4) is 0 Å². The van der Waals surface area contributed by atoms with Crippen LogP contribution < -0.4 is 5.32 Å². The van der Waals surface area contributed by atoms with E-state index in [4.69, 9.17) is 4.74 Å². The average molecular weight is 471 g/mol. The van der Waals surface area contributed by atoms with Crippen LogP contribution in [0.25, 0.3) is 11.7 Å². The van der Waals surface area contributed by atoms with E-state index < -0.39 is 23.7 Å². The van der Waals surface area contributed by atoms with Gasteiger partial charge in [-0.3, -0.25) is 9.20 Å². The summed E-state index contributed by atoms with van der Waals surface area (Å²) < 4.78 is 75.2. The van der Waals surface area contributed by atoms with Gasteiger partial charge in [0, 0.05) is 43.4 Å². The number of rotatable bonds is 5. The lowest BCUT2D eigenvalue weighted by Crippen LogP contribution is -2.38. The molecule has 180 valence electrons. The Morgan fingerprint density at radius 1 is 1.21 bits per heavy atom. The second-order valence-electron chi connectivity index (χ2n) is 8.84. The first-order valence-corrected chi connectivity index (χ1v) is 11.1. The molecule has 5 nitrogen and oxygen atoms in total. The molecule has 10 heteroatoms. The summed E-state index contributed by atoms with van der Waals surface area (Å²) in [7, 11) is 0. The van der Waals surface area contributed by atoms with Crippen molar-refractivity contribution in [3.63, 3.8) is 0 Å². The summed E-state index contributed by atoms with van der Waals surface area (Å²) in [5.41, 5.74) is -0.674. The number of nitrogens with one attached hydrogen (secondary N) is 1. The van der Waals surface area contributed by atoms with E-state index in [2.05, 4.69) is 16.9 Å². The van der Waals surface area contributed by atoms with E-state index in [0.29, 0.717) is 31.7 Å². The largest absolute Gasteiger partial charge is 0.435 e. The van der Waals surface area contributed by atoms with Crippen LogP contribution in [0.4, 0.5) is 22.0 Å². The zero-order chi connectivity index (χ0) is 23.8. The quantitative estimate of drug-likeness (QED) is 0.605. The third-order valence-corrected chi connectivity index (χ3v) is 6.46. The van der Waals surface area contributed by atoms with Crippen LogP contribution in [0.1, 0.15) is 66.0 Å². The average Bonchev–Trinajstić information content (AvgIpc) is 3.14. The Bertz CT molecular complexity index is 1030. The molecule has 1 N–H and O–H groups in total. The highest BCUT2D eigenvalue weighted by Gasteiger charge is 2.40. The molecule has 1 saturated carbocycles. The van der Waals surface area contributed by atoms with Crippen LogP contribution >= 0.6 is 0 Å². The van der Waals surface area contributed by atoms with Gasteiger partial charge >= 0.3 is 6.18 Å². The summed E-state index contributed by atoms with van der Waals surface area (Å²) >= 11 is 0. The number of aromatic nitrogens is 2. The van der Waals surface area contributed by atoms with E-state index >= 15 is 0 Å². The Morgan fingerprint density at radius 3 is 2.48 bits per heavy atom. The van der Waals surface area contributed by atoms with E-state index in [1.807, 2.05) is 0 Å². The van der Waals surface area contributed by atoms with Gasteiger partial charge in [-0.25, -0.2) is 13.8 Å². The van der Waals surface area contributed by atoms with Gasteiger partial charge in [-0.2, -0.15) is 13.2 Å². The van der Waals surface area contributed by atoms with Crippen molar-refractivity contribution in [2.24, 2.45) is 5.92 Å². The SMILES string of the molecule is C=Cc1cc(C(=O)NC2CCOCC2)cc2nc(C(F)(F)F)c(CC3CCC(F)(F)CC3)n12. The molecule has 2 fully saturated rings. The number of hydrogen-bond acceptors (Lipinski definition) is 3. The van der Waals surface area contributed by atoms with Crippen molar-refractivity contribution in [3.8, 4) is 0 Å². The van der Waals surface area contributed by atoms with Crippen LogP contribution in [0.2, 0.25) is 0 Å². The van der Waals surface area contributed by atoms with E-state index in [0.717, 1.165) is 0 Å². The Kier molecular flexibility index (Phi) is 6.48. The Hall–Kier alpha value is -2.49. The standard InChI is InChI=1S/C23H26F5N3O2/c1-2-17-12-15(21(32)29-16-5-9-33-10-6-16)13-19-30-20(23(26,27)28)18(31(17)19)11-14-3-7-22(24,25)8-4-14/h2,12-14,16H,1,3-11H2,(H,29,32). The maximum atomic E-state index is 13.9. The van der Waals surface area contributed by atoms with Gasteiger partial charge in [0.05, 0.1) is 5.69 Å². The molecule has 2 aromatic heterocycles. The minimum absolute atomic E-state index is 0.0204. The number of pyridine rings is 1. The smallest absolute Gasteiger partial charge is 0.381 e. The second kappa shape index (κ2) is 9.04. The summed E-state index contributed by atoms with van der Waals surface area (Å²) in [6.07, 6.45) is -2.43. The van der Waals surface area contributed by atoms with E-state index in [9.17, 15) is 26.7 Å². The molecular formula is C23H26F5N3O2. The second-order valence-corrected chi connectivity index (χ2v) is 8.84. The van der Waals surface area contributed by atoms with E-state index in [-0.39, 0.29) is 61.0 Å². The fourth-order valence-electron chi connectivity index (χ4n) is 4.65. The van der Waals surface area contributed by atoms with Crippen molar-refractivity contribution < 1.29 is 31.5 Å². The lowest BCUT2D eigenvalue weighted by molar-refractivity contribution is -0.141. The molecule has 1 aliphatic heterocycles. The highest BCUT2D eigenvalue weighted by atomic mass is 19.4. The first-order chi connectivity index (χ1) is 15.6. The number of hydrogen-bond donors (Lipinski definition) is 1. The summed E-state index contributed by atoms with van der Waals surface area (Å²) in [5.74, 6) is -3.47. The van der Waals surface area contributed by atoms with Gasteiger partial charge < -0.3 is 10.1 Å². The summed E-state index contributed by atoms with van der Waals surface area (Å²) in [4.78, 5) is 16.6. The number of carbonyl (C=O) groups excluding carboxylic acids is 1. The first kappa shape index (κ1) is 23.7. The highest BCUT2D eigenvalue weighted by Crippen LogP contribution is 2.40. The highest BCUT2D eigenvalue weighted by molar-refractivity contribution is 5.96. The molecule has 0 spiro atoms. The van der Waals surface area contributed by atoms with Crippen LogP contribution in [-0.2, 0) is 17.3 Å². The topological polar surface area (TPSA) is 55.6 Å². The summed E-state index contributed by atoms with van der Waals surface area (Å²) in [6, 6.07) is 2.74. The predicted octanol–water partition coefficient (Wildman–Crippen LogP) is 5.27. The monoisotopic (exact) mass is 471 g/mol. The van der Waals surface area contributed by atoms with Gasteiger partial charge in [0.15, 0.2) is 5.69 Å². The first-order valence-electron chi connectivity index (χ1n) is 11.1. The summed E-state index contributed by atoms with van der Waals surface area (Å²) in [5, 5.41) is 2.89. The Balaban J connectivity index is 1.69. The number of fused-ring (bicyclic) bond motifs is 1. The van der Waals surface area contributed by atoms with Gasteiger partial charge in [0.25, 0.3) is 5.91 Å². The van der Waals surface area contributed by atoms with Crippen LogP contribution in [0, 0.1) is 5.92 Å². The third-order valence-electron chi connectivity index (χ3n) is 6.46. The van der Waals surface area contributed by atoms with Crippen LogP contribution in [0.5, 0.6) is 0 Å². The maximum absolute atomic E-state index is 13.9.